The summed E-state index contributed by atoms with van der Waals surface area (Å²) in [5.74, 6) is 1.93. The highest BCUT2D eigenvalue weighted by Crippen LogP contribution is 2.28. The van der Waals surface area contributed by atoms with Gasteiger partial charge in [0.2, 0.25) is 5.91 Å². The third-order valence-electron chi connectivity index (χ3n) is 4.41. The van der Waals surface area contributed by atoms with Crippen molar-refractivity contribution in [3.05, 3.63) is 36.1 Å². The topological polar surface area (TPSA) is 59.5 Å². The number of benzene rings is 1. The molecule has 21 heavy (non-hydrogen) atoms. The molecule has 1 aromatic carbocycles. The Kier molecular flexibility index (Phi) is 3.72. The van der Waals surface area contributed by atoms with E-state index in [1.165, 1.54) is 0 Å². The van der Waals surface area contributed by atoms with E-state index in [1.54, 1.807) is 0 Å². The van der Waals surface area contributed by atoms with E-state index in [2.05, 4.69) is 13.8 Å². The van der Waals surface area contributed by atoms with E-state index < -0.39 is 0 Å². The number of carbonyl (C=O) groups excluding carboxylic acids is 1. The molecule has 0 aliphatic carbocycles. The number of para-hydroxylation sites is 1. The highest BCUT2D eigenvalue weighted by Gasteiger charge is 2.32. The van der Waals surface area contributed by atoms with Crippen LogP contribution in [-0.4, -0.2) is 23.9 Å². The third-order valence-corrected chi connectivity index (χ3v) is 4.41. The monoisotopic (exact) mass is 286 g/mol. The van der Waals surface area contributed by atoms with E-state index in [4.69, 9.17) is 10.2 Å². The Morgan fingerprint density at radius 1 is 1.38 bits per heavy atom. The normalized spacial score (nSPS) is 20.7. The van der Waals surface area contributed by atoms with Crippen LogP contribution >= 0.6 is 0 Å². The molecule has 1 amide bonds. The zero-order valence-corrected chi connectivity index (χ0v) is 12.6. The molecule has 2 heterocycles. The van der Waals surface area contributed by atoms with Crippen LogP contribution in [0.15, 0.2) is 34.7 Å². The van der Waals surface area contributed by atoms with Gasteiger partial charge in [0.1, 0.15) is 11.3 Å². The second-order valence-electron chi connectivity index (χ2n) is 6.30. The average Bonchev–Trinajstić information content (AvgIpc) is 3.03. The molecule has 1 aliphatic heterocycles. The van der Waals surface area contributed by atoms with Crippen LogP contribution in [0.4, 0.5) is 0 Å². The van der Waals surface area contributed by atoms with Crippen molar-refractivity contribution in [3.8, 4) is 0 Å². The van der Waals surface area contributed by atoms with E-state index in [0.717, 1.165) is 23.3 Å². The third kappa shape index (κ3) is 2.81. The van der Waals surface area contributed by atoms with Crippen LogP contribution in [0.25, 0.3) is 11.0 Å². The Bertz CT molecular complexity index is 614. The van der Waals surface area contributed by atoms with Gasteiger partial charge in [-0.05, 0) is 24.0 Å². The fourth-order valence-electron chi connectivity index (χ4n) is 2.94. The van der Waals surface area contributed by atoms with Crippen molar-refractivity contribution in [2.75, 3.05) is 13.1 Å². The molecule has 0 bridgehead atoms. The lowest BCUT2D eigenvalue weighted by Crippen LogP contribution is -2.33. The van der Waals surface area contributed by atoms with Gasteiger partial charge in [-0.15, -0.1) is 0 Å². The van der Waals surface area contributed by atoms with Crippen LogP contribution in [0.1, 0.15) is 32.1 Å². The Hall–Kier alpha value is -1.81. The van der Waals surface area contributed by atoms with Crippen LogP contribution in [0.3, 0.4) is 0 Å². The van der Waals surface area contributed by atoms with Gasteiger partial charge >= 0.3 is 0 Å². The van der Waals surface area contributed by atoms with Crippen molar-refractivity contribution in [3.63, 3.8) is 0 Å². The van der Waals surface area contributed by atoms with E-state index >= 15 is 0 Å². The number of likely N-dealkylation sites (tertiary alicyclic amines) is 1. The number of fused-ring (bicyclic) bond motifs is 1. The van der Waals surface area contributed by atoms with Gasteiger partial charge in [0, 0.05) is 24.9 Å². The molecule has 2 unspecified atom stereocenters. The molecule has 2 aromatic rings. The molecule has 0 radical (unpaired) electrons. The first-order chi connectivity index (χ1) is 10.0. The number of amides is 1. The van der Waals surface area contributed by atoms with Crippen molar-refractivity contribution in [2.24, 2.45) is 17.6 Å². The molecular weight excluding hydrogens is 264 g/mol. The Labute approximate surface area is 124 Å². The summed E-state index contributed by atoms with van der Waals surface area (Å²) in [5.41, 5.74) is 7.08. The second kappa shape index (κ2) is 5.53. The van der Waals surface area contributed by atoms with Gasteiger partial charge < -0.3 is 15.1 Å². The molecule has 0 spiro atoms. The summed E-state index contributed by atoms with van der Waals surface area (Å²) in [6, 6.07) is 9.56. The highest BCUT2D eigenvalue weighted by molar-refractivity contribution is 5.79. The van der Waals surface area contributed by atoms with Gasteiger partial charge in [-0.2, -0.15) is 0 Å². The first-order valence-electron chi connectivity index (χ1n) is 7.56. The van der Waals surface area contributed by atoms with E-state index in [0.29, 0.717) is 24.8 Å². The fourth-order valence-corrected chi connectivity index (χ4v) is 2.94. The maximum Gasteiger partial charge on any atom is 0.223 e. The van der Waals surface area contributed by atoms with Gasteiger partial charge in [0.15, 0.2) is 0 Å². The smallest absolute Gasteiger partial charge is 0.223 e. The highest BCUT2D eigenvalue weighted by atomic mass is 16.3. The maximum absolute atomic E-state index is 12.1. The lowest BCUT2D eigenvalue weighted by Gasteiger charge is -2.21. The van der Waals surface area contributed by atoms with Gasteiger partial charge in [-0.1, -0.05) is 32.0 Å². The molecule has 0 saturated carbocycles. The number of rotatable bonds is 4. The number of nitrogens with zero attached hydrogens (tertiary/aromatic N) is 1. The molecule has 3 rings (SSSR count). The first-order valence-corrected chi connectivity index (χ1v) is 7.56. The van der Waals surface area contributed by atoms with Gasteiger partial charge in [0.05, 0.1) is 6.04 Å². The van der Waals surface area contributed by atoms with Crippen LogP contribution < -0.4 is 5.73 Å². The quantitative estimate of drug-likeness (QED) is 0.940. The number of hydrogen-bond acceptors (Lipinski definition) is 3. The summed E-state index contributed by atoms with van der Waals surface area (Å²) in [4.78, 5) is 13.9. The zero-order chi connectivity index (χ0) is 15.0. The number of carbonyl (C=O) groups is 1. The lowest BCUT2D eigenvalue weighted by atomic mass is 9.95. The molecule has 1 saturated heterocycles. The fraction of sp³-hybridized carbons (Fsp3) is 0.471. The second-order valence-corrected chi connectivity index (χ2v) is 6.30. The molecule has 1 fully saturated rings. The van der Waals surface area contributed by atoms with Crippen LogP contribution in [0.2, 0.25) is 0 Å². The van der Waals surface area contributed by atoms with Gasteiger partial charge in [-0.3, -0.25) is 4.79 Å². The van der Waals surface area contributed by atoms with Crippen LogP contribution in [0.5, 0.6) is 0 Å². The van der Waals surface area contributed by atoms with E-state index in [9.17, 15) is 4.79 Å². The van der Waals surface area contributed by atoms with Crippen LogP contribution in [-0.2, 0) is 4.79 Å². The van der Waals surface area contributed by atoms with Gasteiger partial charge in [-0.25, -0.2) is 0 Å². The maximum atomic E-state index is 12.1. The van der Waals surface area contributed by atoms with E-state index in [1.807, 2.05) is 35.2 Å². The summed E-state index contributed by atoms with van der Waals surface area (Å²) in [5, 5.41) is 1.05. The first kappa shape index (κ1) is 14.1. The predicted octanol–water partition coefficient (Wildman–Crippen LogP) is 2.94. The Balaban J connectivity index is 1.71. The number of hydrogen-bond donors (Lipinski definition) is 1. The summed E-state index contributed by atoms with van der Waals surface area (Å²) in [6.07, 6.45) is 0.643. The standard InChI is InChI=1S/C17H22N2O2/c1-11(2)13-8-17(20)19(9-13)10-14(18)16-7-12-5-3-4-6-15(12)21-16/h3-7,11,13-14H,8-10,18H2,1-2H3. The minimum atomic E-state index is -0.271. The van der Waals surface area contributed by atoms with Crippen molar-refractivity contribution in [1.29, 1.82) is 0 Å². The predicted molar refractivity (Wildman–Crippen MR) is 82.7 cm³/mol. The summed E-state index contributed by atoms with van der Waals surface area (Å²) in [6.45, 7) is 5.67. The van der Waals surface area contributed by atoms with Gasteiger partial charge in [0.25, 0.3) is 0 Å². The molecule has 4 nitrogen and oxygen atoms in total. The minimum Gasteiger partial charge on any atom is -0.459 e. The molecule has 2 atom stereocenters. The molecule has 4 heteroatoms. The van der Waals surface area contributed by atoms with Crippen molar-refractivity contribution < 1.29 is 9.21 Å². The largest absolute Gasteiger partial charge is 0.459 e. The average molecular weight is 286 g/mol. The summed E-state index contributed by atoms with van der Waals surface area (Å²) < 4.78 is 5.79. The summed E-state index contributed by atoms with van der Waals surface area (Å²) >= 11 is 0. The van der Waals surface area contributed by atoms with Crippen molar-refractivity contribution in [1.82, 2.24) is 4.90 Å². The van der Waals surface area contributed by atoms with Crippen molar-refractivity contribution >= 4 is 16.9 Å². The minimum absolute atomic E-state index is 0.209. The zero-order valence-electron chi connectivity index (χ0n) is 12.6. The Morgan fingerprint density at radius 3 is 2.81 bits per heavy atom. The molecule has 112 valence electrons. The van der Waals surface area contributed by atoms with Crippen molar-refractivity contribution in [2.45, 2.75) is 26.3 Å². The van der Waals surface area contributed by atoms with E-state index in [-0.39, 0.29) is 11.9 Å². The number of nitrogens with two attached hydrogens (primary N) is 1. The molecule has 1 aromatic heterocycles. The SMILES string of the molecule is CC(C)C1CC(=O)N(CC(N)c2cc3ccccc3o2)C1. The number of furan rings is 1. The Morgan fingerprint density at radius 2 is 2.14 bits per heavy atom. The molecule has 2 N–H and O–H groups in total. The molecule has 1 aliphatic rings. The lowest BCUT2D eigenvalue weighted by molar-refractivity contribution is -0.128. The summed E-state index contributed by atoms with van der Waals surface area (Å²) in [7, 11) is 0. The molecular formula is C17H22N2O2. The van der Waals surface area contributed by atoms with Crippen LogP contribution in [0, 0.1) is 11.8 Å².